The lowest BCUT2D eigenvalue weighted by Crippen LogP contribution is -2.38. The maximum atomic E-state index is 12.5. The Hall–Kier alpha value is -2.85. The molecule has 0 amide bonds. The van der Waals surface area contributed by atoms with Crippen molar-refractivity contribution in [2.75, 3.05) is 10.6 Å². The molecule has 6 nitrogen and oxygen atoms in total. The van der Waals surface area contributed by atoms with Crippen molar-refractivity contribution in [2.24, 2.45) is 7.05 Å². The minimum atomic E-state index is -3.36. The van der Waals surface area contributed by atoms with Crippen molar-refractivity contribution < 1.29 is 8.42 Å². The summed E-state index contributed by atoms with van der Waals surface area (Å²) in [6, 6.07) is 15.4. The van der Waals surface area contributed by atoms with Crippen LogP contribution in [0.4, 0.5) is 5.69 Å². The Balaban J connectivity index is 1.69. The third-order valence-corrected chi connectivity index (χ3v) is 6.89. The molecule has 29 heavy (non-hydrogen) atoms. The van der Waals surface area contributed by atoms with Crippen LogP contribution in [-0.4, -0.2) is 30.3 Å². The highest BCUT2D eigenvalue weighted by molar-refractivity contribution is 7.92. The molecule has 0 unspecified atom stereocenters. The van der Waals surface area contributed by atoms with E-state index in [4.69, 9.17) is 10.2 Å². The summed E-state index contributed by atoms with van der Waals surface area (Å²) in [5.41, 5.74) is 4.16. The minimum Gasteiger partial charge on any atom is -0.331 e. The topological polar surface area (TPSA) is 79.0 Å². The van der Waals surface area contributed by atoms with Crippen molar-refractivity contribution in [1.82, 2.24) is 9.55 Å². The molecule has 1 aliphatic rings. The molecule has 1 fully saturated rings. The first-order valence-corrected chi connectivity index (χ1v) is 11.7. The van der Waals surface area contributed by atoms with E-state index in [1.165, 1.54) is 6.26 Å². The van der Waals surface area contributed by atoms with E-state index < -0.39 is 10.0 Å². The summed E-state index contributed by atoms with van der Waals surface area (Å²) < 4.78 is 28.6. The predicted molar refractivity (Wildman–Crippen MR) is 114 cm³/mol. The summed E-state index contributed by atoms with van der Waals surface area (Å²) in [5, 5.41) is 8.95. The standard InChI is InChI=1S/C22H24N4O2S/c1-25-21-12-11-19(26(29(2,27)28)18-5-3-4-6-18)14-20(21)24-22(25)13-16-7-9-17(15-23)10-8-16/h7-12,14,18H,3-6,13H2,1-2H3. The highest BCUT2D eigenvalue weighted by Crippen LogP contribution is 2.32. The monoisotopic (exact) mass is 408 g/mol. The smallest absolute Gasteiger partial charge is 0.232 e. The number of anilines is 1. The quantitative estimate of drug-likeness (QED) is 0.644. The number of benzene rings is 2. The van der Waals surface area contributed by atoms with Crippen molar-refractivity contribution in [1.29, 1.82) is 5.26 Å². The van der Waals surface area contributed by atoms with E-state index in [2.05, 4.69) is 6.07 Å². The lowest BCUT2D eigenvalue weighted by molar-refractivity contribution is 0.580. The summed E-state index contributed by atoms with van der Waals surface area (Å²) in [5.74, 6) is 0.897. The number of rotatable bonds is 5. The lowest BCUT2D eigenvalue weighted by atomic mass is 10.1. The van der Waals surface area contributed by atoms with Gasteiger partial charge in [0.2, 0.25) is 10.0 Å². The number of hydrogen-bond donors (Lipinski definition) is 0. The Morgan fingerprint density at radius 3 is 2.48 bits per heavy atom. The Morgan fingerprint density at radius 1 is 1.17 bits per heavy atom. The van der Waals surface area contributed by atoms with E-state index in [1.807, 2.05) is 54.1 Å². The van der Waals surface area contributed by atoms with Crippen LogP contribution in [0.2, 0.25) is 0 Å². The van der Waals surface area contributed by atoms with Gasteiger partial charge < -0.3 is 4.57 Å². The fourth-order valence-corrected chi connectivity index (χ4v) is 5.47. The van der Waals surface area contributed by atoms with Crippen LogP contribution in [0.5, 0.6) is 0 Å². The first-order valence-electron chi connectivity index (χ1n) is 9.80. The molecule has 4 rings (SSSR count). The first kappa shape index (κ1) is 19.5. The zero-order chi connectivity index (χ0) is 20.6. The van der Waals surface area contributed by atoms with Crippen LogP contribution in [0.1, 0.15) is 42.6 Å². The molecular weight excluding hydrogens is 384 g/mol. The van der Waals surface area contributed by atoms with Gasteiger partial charge in [0.05, 0.1) is 34.6 Å². The molecule has 2 aromatic carbocycles. The minimum absolute atomic E-state index is 0.0317. The summed E-state index contributed by atoms with van der Waals surface area (Å²) in [6.07, 6.45) is 5.86. The first-order chi connectivity index (χ1) is 13.9. The van der Waals surface area contributed by atoms with Crippen LogP contribution in [0.3, 0.4) is 0 Å². The summed E-state index contributed by atoms with van der Waals surface area (Å²) in [7, 11) is -1.38. The van der Waals surface area contributed by atoms with E-state index in [0.717, 1.165) is 48.1 Å². The van der Waals surface area contributed by atoms with Gasteiger partial charge in [-0.2, -0.15) is 5.26 Å². The molecule has 0 radical (unpaired) electrons. The molecule has 1 aliphatic carbocycles. The summed E-state index contributed by atoms with van der Waals surface area (Å²) >= 11 is 0. The summed E-state index contributed by atoms with van der Waals surface area (Å²) in [6.45, 7) is 0. The third kappa shape index (κ3) is 3.85. The molecule has 1 heterocycles. The van der Waals surface area contributed by atoms with Crippen LogP contribution >= 0.6 is 0 Å². The van der Waals surface area contributed by atoms with Gasteiger partial charge in [0.1, 0.15) is 5.82 Å². The number of imidazole rings is 1. The second-order valence-electron chi connectivity index (χ2n) is 7.74. The maximum Gasteiger partial charge on any atom is 0.232 e. The van der Waals surface area contributed by atoms with E-state index in [1.54, 1.807) is 4.31 Å². The second-order valence-corrected chi connectivity index (χ2v) is 9.60. The number of aryl methyl sites for hydroxylation is 1. The van der Waals surface area contributed by atoms with E-state index in [9.17, 15) is 8.42 Å². The third-order valence-electron chi connectivity index (χ3n) is 5.67. The average Bonchev–Trinajstić information content (AvgIpc) is 3.30. The van der Waals surface area contributed by atoms with Gasteiger partial charge >= 0.3 is 0 Å². The van der Waals surface area contributed by atoms with Gasteiger partial charge in [0.25, 0.3) is 0 Å². The van der Waals surface area contributed by atoms with E-state index >= 15 is 0 Å². The number of nitrogens with zero attached hydrogens (tertiary/aromatic N) is 4. The number of sulfonamides is 1. The molecule has 0 N–H and O–H groups in total. The van der Waals surface area contributed by atoms with Crippen molar-refractivity contribution >= 4 is 26.7 Å². The van der Waals surface area contributed by atoms with Crippen LogP contribution in [-0.2, 0) is 23.5 Å². The van der Waals surface area contributed by atoms with Crippen LogP contribution in [0, 0.1) is 11.3 Å². The fourth-order valence-electron chi connectivity index (χ4n) is 4.22. The molecular formula is C22H24N4O2S. The highest BCUT2D eigenvalue weighted by Gasteiger charge is 2.29. The second kappa shape index (κ2) is 7.53. The van der Waals surface area contributed by atoms with E-state index in [-0.39, 0.29) is 6.04 Å². The largest absolute Gasteiger partial charge is 0.331 e. The Bertz CT molecular complexity index is 1180. The van der Waals surface area contributed by atoms with Gasteiger partial charge in [-0.25, -0.2) is 13.4 Å². The number of hydrogen-bond acceptors (Lipinski definition) is 4. The van der Waals surface area contributed by atoms with Crippen LogP contribution in [0.25, 0.3) is 11.0 Å². The van der Waals surface area contributed by atoms with Crippen molar-refractivity contribution in [3.05, 3.63) is 59.4 Å². The van der Waals surface area contributed by atoms with Gasteiger partial charge in [-0.1, -0.05) is 25.0 Å². The van der Waals surface area contributed by atoms with Gasteiger partial charge in [0, 0.05) is 19.5 Å². The van der Waals surface area contributed by atoms with Crippen molar-refractivity contribution in [3.8, 4) is 6.07 Å². The zero-order valence-electron chi connectivity index (χ0n) is 16.7. The molecule has 1 aromatic heterocycles. The molecule has 3 aromatic rings. The zero-order valence-corrected chi connectivity index (χ0v) is 17.5. The number of aromatic nitrogens is 2. The Morgan fingerprint density at radius 2 is 1.86 bits per heavy atom. The Labute approximate surface area is 171 Å². The summed E-state index contributed by atoms with van der Waals surface area (Å²) in [4.78, 5) is 4.78. The Kier molecular flexibility index (Phi) is 5.05. The van der Waals surface area contributed by atoms with Gasteiger partial charge in [-0.3, -0.25) is 4.31 Å². The van der Waals surface area contributed by atoms with Gasteiger partial charge in [-0.05, 0) is 48.7 Å². The van der Waals surface area contributed by atoms with Crippen molar-refractivity contribution in [2.45, 2.75) is 38.1 Å². The molecule has 0 saturated heterocycles. The van der Waals surface area contributed by atoms with Crippen molar-refractivity contribution in [3.63, 3.8) is 0 Å². The molecule has 150 valence electrons. The lowest BCUT2D eigenvalue weighted by Gasteiger charge is -2.28. The normalized spacial score (nSPS) is 14.9. The fraction of sp³-hybridized carbons (Fsp3) is 0.364. The SMILES string of the molecule is Cn1c(Cc2ccc(C#N)cc2)nc2cc(N(C3CCCC3)S(C)(=O)=O)ccc21. The maximum absolute atomic E-state index is 12.5. The van der Waals surface area contributed by atoms with E-state index in [0.29, 0.717) is 17.7 Å². The van der Waals surface area contributed by atoms with Gasteiger partial charge in [-0.15, -0.1) is 0 Å². The highest BCUT2D eigenvalue weighted by atomic mass is 32.2. The number of nitriles is 1. The molecule has 7 heteroatoms. The molecule has 0 atom stereocenters. The van der Waals surface area contributed by atoms with Crippen LogP contribution in [0.15, 0.2) is 42.5 Å². The average molecular weight is 409 g/mol. The number of fused-ring (bicyclic) bond motifs is 1. The molecule has 0 bridgehead atoms. The molecule has 0 spiro atoms. The van der Waals surface area contributed by atoms with Crippen LogP contribution < -0.4 is 4.31 Å². The van der Waals surface area contributed by atoms with Gasteiger partial charge in [0.15, 0.2) is 0 Å². The predicted octanol–water partition coefficient (Wildman–Crippen LogP) is 3.74. The molecule has 1 saturated carbocycles. The molecule has 0 aliphatic heterocycles.